The molecule has 0 saturated carbocycles. The molecule has 0 radical (unpaired) electrons. The number of halogens is 2. The number of nitrogens with zero attached hydrogens (tertiary/aromatic N) is 1. The maximum Gasteiger partial charge on any atom is 0.410 e. The van der Waals surface area contributed by atoms with Crippen molar-refractivity contribution in [2.24, 2.45) is 5.92 Å². The van der Waals surface area contributed by atoms with Crippen molar-refractivity contribution in [3.8, 4) is 0 Å². The molecule has 1 aliphatic rings. The van der Waals surface area contributed by atoms with Gasteiger partial charge in [0.05, 0.1) is 16.1 Å². The van der Waals surface area contributed by atoms with Crippen LogP contribution >= 0.6 is 23.2 Å². The summed E-state index contributed by atoms with van der Waals surface area (Å²) in [6.07, 6.45) is 0.929. The highest BCUT2D eigenvalue weighted by Gasteiger charge is 2.30. The number of rotatable bonds is 3. The number of hydrogen-bond donors (Lipinski definition) is 1. The summed E-state index contributed by atoms with van der Waals surface area (Å²) in [5.41, 5.74) is 0.388. The molecule has 1 aromatic rings. The summed E-state index contributed by atoms with van der Waals surface area (Å²) in [6.45, 7) is 8.48. The van der Waals surface area contributed by atoms with E-state index in [1.807, 2.05) is 33.8 Å². The lowest BCUT2D eigenvalue weighted by Crippen LogP contribution is -2.45. The van der Waals surface area contributed by atoms with Crippen LogP contribution in [0.5, 0.6) is 0 Å². The van der Waals surface area contributed by atoms with Crippen LogP contribution in [0.25, 0.3) is 0 Å². The van der Waals surface area contributed by atoms with E-state index in [2.05, 4.69) is 5.32 Å². The standard InChI is InChI=1S/C19H26Cl2N2O3/c1-12(14-5-6-15(20)16(21)11-14)22-17(24)13-7-9-23(10-8-13)18(25)26-19(2,3)4/h5-6,11-13H,7-10H2,1-4H3,(H,22,24). The fourth-order valence-corrected chi connectivity index (χ4v) is 3.15. The summed E-state index contributed by atoms with van der Waals surface area (Å²) in [5.74, 6) is -0.119. The third kappa shape index (κ3) is 5.78. The van der Waals surface area contributed by atoms with Gasteiger partial charge in [-0.1, -0.05) is 29.3 Å². The van der Waals surface area contributed by atoms with Crippen LogP contribution in [-0.4, -0.2) is 35.6 Å². The Morgan fingerprint density at radius 2 is 1.81 bits per heavy atom. The molecule has 1 aliphatic heterocycles. The maximum atomic E-state index is 12.5. The molecule has 144 valence electrons. The van der Waals surface area contributed by atoms with Crippen LogP contribution < -0.4 is 5.32 Å². The number of piperidine rings is 1. The number of carbonyl (C=O) groups is 2. The summed E-state index contributed by atoms with van der Waals surface area (Å²) in [7, 11) is 0. The second-order valence-corrected chi connectivity index (χ2v) is 8.46. The molecule has 0 aliphatic carbocycles. The van der Waals surface area contributed by atoms with Crippen LogP contribution in [0.3, 0.4) is 0 Å². The van der Waals surface area contributed by atoms with Gasteiger partial charge in [0.25, 0.3) is 0 Å². The Kier molecular flexibility index (Phi) is 6.80. The normalized spacial score (nSPS) is 16.9. The molecule has 26 heavy (non-hydrogen) atoms. The summed E-state index contributed by atoms with van der Waals surface area (Å²) in [5, 5.41) is 3.98. The smallest absolute Gasteiger partial charge is 0.410 e. The van der Waals surface area contributed by atoms with Crippen molar-refractivity contribution in [3.05, 3.63) is 33.8 Å². The molecule has 0 spiro atoms. The van der Waals surface area contributed by atoms with Gasteiger partial charge in [-0.3, -0.25) is 4.79 Å². The molecule has 1 unspecified atom stereocenters. The number of likely N-dealkylation sites (tertiary alicyclic amines) is 1. The zero-order chi connectivity index (χ0) is 19.5. The first-order valence-corrected chi connectivity index (χ1v) is 9.55. The number of ether oxygens (including phenoxy) is 1. The summed E-state index contributed by atoms with van der Waals surface area (Å²) in [6, 6.07) is 5.17. The highest BCUT2D eigenvalue weighted by atomic mass is 35.5. The van der Waals surface area contributed by atoms with E-state index in [9.17, 15) is 9.59 Å². The molecular formula is C19H26Cl2N2O3. The van der Waals surface area contributed by atoms with E-state index in [0.717, 1.165) is 5.56 Å². The average molecular weight is 401 g/mol. The van der Waals surface area contributed by atoms with E-state index >= 15 is 0 Å². The van der Waals surface area contributed by atoms with Gasteiger partial charge in [-0.05, 0) is 58.2 Å². The lowest BCUT2D eigenvalue weighted by Gasteiger charge is -2.33. The molecule has 2 rings (SSSR count). The molecule has 7 heteroatoms. The van der Waals surface area contributed by atoms with Gasteiger partial charge in [0, 0.05) is 19.0 Å². The number of hydrogen-bond acceptors (Lipinski definition) is 3. The summed E-state index contributed by atoms with van der Waals surface area (Å²) in [4.78, 5) is 26.3. The van der Waals surface area contributed by atoms with Gasteiger partial charge < -0.3 is 15.0 Å². The molecule has 2 amide bonds. The van der Waals surface area contributed by atoms with E-state index in [1.165, 1.54) is 0 Å². The average Bonchev–Trinajstić information content (AvgIpc) is 2.55. The Morgan fingerprint density at radius 3 is 2.35 bits per heavy atom. The highest BCUT2D eigenvalue weighted by molar-refractivity contribution is 6.42. The Hall–Kier alpha value is -1.46. The first kappa shape index (κ1) is 20.8. The van der Waals surface area contributed by atoms with Gasteiger partial charge in [-0.25, -0.2) is 4.79 Å². The Labute approximate surface area is 165 Å². The van der Waals surface area contributed by atoms with E-state index in [-0.39, 0.29) is 24.0 Å². The van der Waals surface area contributed by atoms with Crippen molar-refractivity contribution in [1.82, 2.24) is 10.2 Å². The summed E-state index contributed by atoms with van der Waals surface area (Å²) < 4.78 is 5.38. The van der Waals surface area contributed by atoms with Crippen LogP contribution in [0, 0.1) is 5.92 Å². The fourth-order valence-electron chi connectivity index (χ4n) is 2.85. The topological polar surface area (TPSA) is 58.6 Å². The van der Waals surface area contributed by atoms with Crippen LogP contribution in [0.15, 0.2) is 18.2 Å². The highest BCUT2D eigenvalue weighted by Crippen LogP contribution is 2.26. The van der Waals surface area contributed by atoms with E-state index in [1.54, 1.807) is 17.0 Å². The number of carbonyl (C=O) groups excluding carboxylic acids is 2. The number of nitrogens with one attached hydrogen (secondary N) is 1. The minimum absolute atomic E-state index is 0.00703. The maximum absolute atomic E-state index is 12.5. The predicted octanol–water partition coefficient (Wildman–Crippen LogP) is 4.82. The van der Waals surface area contributed by atoms with Crippen LogP contribution in [0.1, 0.15) is 52.1 Å². The predicted molar refractivity (Wildman–Crippen MR) is 104 cm³/mol. The molecule has 1 N–H and O–H groups in total. The Balaban J connectivity index is 1.86. The van der Waals surface area contributed by atoms with Crippen molar-refractivity contribution in [1.29, 1.82) is 0 Å². The van der Waals surface area contributed by atoms with Crippen LogP contribution in [0.2, 0.25) is 10.0 Å². The lowest BCUT2D eigenvalue weighted by atomic mass is 9.95. The van der Waals surface area contributed by atoms with Gasteiger partial charge in [-0.15, -0.1) is 0 Å². The van der Waals surface area contributed by atoms with Gasteiger partial charge in [0.15, 0.2) is 0 Å². The minimum Gasteiger partial charge on any atom is -0.444 e. The third-order valence-corrected chi connectivity index (χ3v) is 5.06. The zero-order valence-electron chi connectivity index (χ0n) is 15.6. The number of amides is 2. The molecule has 1 fully saturated rings. The fraction of sp³-hybridized carbons (Fsp3) is 0.579. The molecule has 1 aromatic carbocycles. The van der Waals surface area contributed by atoms with Crippen molar-refractivity contribution < 1.29 is 14.3 Å². The second kappa shape index (κ2) is 8.49. The zero-order valence-corrected chi connectivity index (χ0v) is 17.2. The largest absolute Gasteiger partial charge is 0.444 e. The van der Waals surface area contributed by atoms with Gasteiger partial charge >= 0.3 is 6.09 Å². The molecule has 1 saturated heterocycles. The van der Waals surface area contributed by atoms with Gasteiger partial charge in [0.1, 0.15) is 5.60 Å². The molecule has 1 heterocycles. The van der Waals surface area contributed by atoms with Crippen molar-refractivity contribution in [2.75, 3.05) is 13.1 Å². The first-order valence-electron chi connectivity index (χ1n) is 8.80. The number of benzene rings is 1. The molecule has 5 nitrogen and oxygen atoms in total. The first-order chi connectivity index (χ1) is 12.1. The molecule has 0 aromatic heterocycles. The molecule has 1 atom stereocenters. The SMILES string of the molecule is CC(NC(=O)C1CCN(C(=O)OC(C)(C)C)CC1)c1ccc(Cl)c(Cl)c1. The summed E-state index contributed by atoms with van der Waals surface area (Å²) >= 11 is 12.0. The van der Waals surface area contributed by atoms with Gasteiger partial charge in [0.2, 0.25) is 5.91 Å². The third-order valence-electron chi connectivity index (χ3n) is 4.32. The van der Waals surface area contributed by atoms with E-state index < -0.39 is 5.60 Å². The van der Waals surface area contributed by atoms with Crippen molar-refractivity contribution in [2.45, 2.75) is 52.2 Å². The van der Waals surface area contributed by atoms with Crippen LogP contribution in [-0.2, 0) is 9.53 Å². The van der Waals surface area contributed by atoms with E-state index in [0.29, 0.717) is 36.0 Å². The van der Waals surface area contributed by atoms with Gasteiger partial charge in [-0.2, -0.15) is 0 Å². The lowest BCUT2D eigenvalue weighted by molar-refractivity contribution is -0.127. The second-order valence-electron chi connectivity index (χ2n) is 7.65. The van der Waals surface area contributed by atoms with E-state index in [4.69, 9.17) is 27.9 Å². The molecule has 0 bridgehead atoms. The van der Waals surface area contributed by atoms with Crippen molar-refractivity contribution in [3.63, 3.8) is 0 Å². The quantitative estimate of drug-likeness (QED) is 0.790. The van der Waals surface area contributed by atoms with Crippen LogP contribution in [0.4, 0.5) is 4.79 Å². The van der Waals surface area contributed by atoms with Crippen molar-refractivity contribution >= 4 is 35.2 Å². The Morgan fingerprint density at radius 1 is 1.19 bits per heavy atom. The Bertz CT molecular complexity index is 665. The monoisotopic (exact) mass is 400 g/mol. The minimum atomic E-state index is -0.513. The molecular weight excluding hydrogens is 375 g/mol.